The number of rotatable bonds is 5. The van der Waals surface area contributed by atoms with Crippen molar-refractivity contribution >= 4 is 11.8 Å². The molecule has 5 nitrogen and oxygen atoms in total. The number of hydrogen-bond acceptors (Lipinski definition) is 3. The maximum atomic E-state index is 12.8. The average molecular weight is 397 g/mol. The Bertz CT molecular complexity index is 675. The van der Waals surface area contributed by atoms with Crippen molar-refractivity contribution in [1.82, 2.24) is 15.1 Å². The summed E-state index contributed by atoms with van der Waals surface area (Å²) in [4.78, 5) is 27.2. The second-order valence-corrected chi connectivity index (χ2v) is 7.42. The zero-order valence-electron chi connectivity index (χ0n) is 15.8. The Balaban J connectivity index is 1.67. The second kappa shape index (κ2) is 8.94. The van der Waals surface area contributed by atoms with Crippen LogP contribution < -0.4 is 5.32 Å². The van der Waals surface area contributed by atoms with Crippen LogP contribution in [0.1, 0.15) is 43.7 Å². The van der Waals surface area contributed by atoms with Gasteiger partial charge in [0.2, 0.25) is 5.91 Å². The van der Waals surface area contributed by atoms with Crippen molar-refractivity contribution in [1.29, 1.82) is 0 Å². The van der Waals surface area contributed by atoms with E-state index in [-0.39, 0.29) is 19.0 Å². The van der Waals surface area contributed by atoms with E-state index in [1.54, 1.807) is 0 Å². The third kappa shape index (κ3) is 4.84. The van der Waals surface area contributed by atoms with Gasteiger partial charge >= 0.3 is 12.1 Å². The molecule has 1 aromatic carbocycles. The van der Waals surface area contributed by atoms with Gasteiger partial charge in [-0.15, -0.1) is 0 Å². The number of amides is 2. The molecule has 0 aromatic heterocycles. The molecule has 3 rings (SSSR count). The van der Waals surface area contributed by atoms with Crippen molar-refractivity contribution in [3.05, 3.63) is 35.9 Å². The predicted octanol–water partition coefficient (Wildman–Crippen LogP) is 2.88. The Kier molecular flexibility index (Phi) is 6.59. The Labute approximate surface area is 162 Å². The van der Waals surface area contributed by atoms with E-state index in [1.807, 2.05) is 30.3 Å². The van der Waals surface area contributed by atoms with Gasteiger partial charge in [-0.05, 0) is 44.3 Å². The van der Waals surface area contributed by atoms with E-state index >= 15 is 0 Å². The third-order valence-corrected chi connectivity index (χ3v) is 5.54. The fourth-order valence-electron chi connectivity index (χ4n) is 4.12. The summed E-state index contributed by atoms with van der Waals surface area (Å²) in [7, 11) is 0. The first kappa shape index (κ1) is 20.6. The van der Waals surface area contributed by atoms with Crippen LogP contribution in [-0.2, 0) is 9.59 Å². The van der Waals surface area contributed by atoms with Crippen LogP contribution in [0.5, 0.6) is 0 Å². The monoisotopic (exact) mass is 397 g/mol. The van der Waals surface area contributed by atoms with E-state index in [9.17, 15) is 22.8 Å². The SMILES string of the molecule is O=C(NCC(c1ccccc1)N1CCCCC1)C1CCCN1C(=O)C(F)(F)F. The Morgan fingerprint density at radius 3 is 2.36 bits per heavy atom. The fraction of sp³-hybridized carbons (Fsp3) is 0.600. The molecule has 0 bridgehead atoms. The summed E-state index contributed by atoms with van der Waals surface area (Å²) >= 11 is 0. The molecule has 0 spiro atoms. The van der Waals surface area contributed by atoms with Crippen LogP contribution in [0.3, 0.4) is 0 Å². The van der Waals surface area contributed by atoms with Gasteiger partial charge in [0.25, 0.3) is 0 Å². The van der Waals surface area contributed by atoms with Crippen molar-refractivity contribution < 1.29 is 22.8 Å². The molecule has 28 heavy (non-hydrogen) atoms. The number of piperidine rings is 1. The van der Waals surface area contributed by atoms with E-state index in [4.69, 9.17) is 0 Å². The Morgan fingerprint density at radius 2 is 1.71 bits per heavy atom. The summed E-state index contributed by atoms with van der Waals surface area (Å²) in [6.07, 6.45) is -0.937. The molecule has 2 aliphatic rings. The molecule has 2 fully saturated rings. The zero-order chi connectivity index (χ0) is 20.1. The first-order valence-electron chi connectivity index (χ1n) is 9.82. The summed E-state index contributed by atoms with van der Waals surface area (Å²) in [5.74, 6) is -2.44. The lowest BCUT2D eigenvalue weighted by Gasteiger charge is -2.35. The van der Waals surface area contributed by atoms with Gasteiger partial charge in [-0.25, -0.2) is 0 Å². The van der Waals surface area contributed by atoms with Crippen molar-refractivity contribution in [3.63, 3.8) is 0 Å². The number of carbonyl (C=O) groups is 2. The summed E-state index contributed by atoms with van der Waals surface area (Å²) < 4.78 is 38.4. The summed E-state index contributed by atoms with van der Waals surface area (Å²) in [6, 6.07) is 8.73. The highest BCUT2D eigenvalue weighted by Gasteiger charge is 2.47. The van der Waals surface area contributed by atoms with Crippen molar-refractivity contribution in [2.75, 3.05) is 26.2 Å². The smallest absolute Gasteiger partial charge is 0.352 e. The molecular weight excluding hydrogens is 371 g/mol. The molecule has 2 heterocycles. The van der Waals surface area contributed by atoms with E-state index in [0.717, 1.165) is 31.5 Å². The lowest BCUT2D eigenvalue weighted by molar-refractivity contribution is -0.186. The predicted molar refractivity (Wildman–Crippen MR) is 98.4 cm³/mol. The van der Waals surface area contributed by atoms with Crippen LogP contribution >= 0.6 is 0 Å². The largest absolute Gasteiger partial charge is 0.471 e. The Hall–Kier alpha value is -2.09. The molecule has 2 unspecified atom stereocenters. The van der Waals surface area contributed by atoms with Gasteiger partial charge in [0, 0.05) is 13.1 Å². The summed E-state index contributed by atoms with van der Waals surface area (Å²) in [5, 5.41) is 2.81. The van der Waals surface area contributed by atoms with Crippen molar-refractivity contribution in [2.45, 2.75) is 50.4 Å². The van der Waals surface area contributed by atoms with Crippen molar-refractivity contribution in [3.8, 4) is 0 Å². The summed E-state index contributed by atoms with van der Waals surface area (Å²) in [5.41, 5.74) is 1.07. The topological polar surface area (TPSA) is 52.7 Å². The lowest BCUT2D eigenvalue weighted by Crippen LogP contribution is -2.51. The van der Waals surface area contributed by atoms with E-state index in [2.05, 4.69) is 10.2 Å². The lowest BCUT2D eigenvalue weighted by atomic mass is 10.0. The van der Waals surface area contributed by atoms with E-state index in [0.29, 0.717) is 17.9 Å². The standard InChI is InChI=1S/C20H26F3N3O2/c21-20(22,23)19(28)26-13-7-10-16(26)18(27)24-14-17(15-8-3-1-4-9-15)25-11-5-2-6-12-25/h1,3-4,8-9,16-17H,2,5-7,10-14H2,(H,24,27). The van der Waals surface area contributed by atoms with Gasteiger partial charge in [0.15, 0.2) is 0 Å². The molecule has 0 aliphatic carbocycles. The zero-order valence-corrected chi connectivity index (χ0v) is 15.8. The van der Waals surface area contributed by atoms with Gasteiger partial charge in [-0.3, -0.25) is 14.5 Å². The summed E-state index contributed by atoms with van der Waals surface area (Å²) in [6.45, 7) is 2.13. The second-order valence-electron chi connectivity index (χ2n) is 7.42. The number of benzene rings is 1. The van der Waals surface area contributed by atoms with E-state index in [1.165, 1.54) is 6.42 Å². The number of halogens is 3. The van der Waals surface area contributed by atoms with Crippen LogP contribution in [0.4, 0.5) is 13.2 Å². The normalized spacial score (nSPS) is 22.1. The minimum Gasteiger partial charge on any atom is -0.352 e. The highest BCUT2D eigenvalue weighted by Crippen LogP contribution is 2.27. The number of alkyl halides is 3. The first-order chi connectivity index (χ1) is 13.4. The maximum absolute atomic E-state index is 12.8. The van der Waals surface area contributed by atoms with Crippen LogP contribution in [0.15, 0.2) is 30.3 Å². The molecule has 1 N–H and O–H groups in total. The van der Waals surface area contributed by atoms with Gasteiger partial charge in [0.1, 0.15) is 6.04 Å². The van der Waals surface area contributed by atoms with Crippen LogP contribution in [0.25, 0.3) is 0 Å². The molecule has 2 aliphatic heterocycles. The number of likely N-dealkylation sites (tertiary alicyclic amines) is 2. The third-order valence-electron chi connectivity index (χ3n) is 5.54. The van der Waals surface area contributed by atoms with Crippen LogP contribution in [-0.4, -0.2) is 60.0 Å². The minimum atomic E-state index is -4.96. The highest BCUT2D eigenvalue weighted by atomic mass is 19.4. The molecule has 154 valence electrons. The number of nitrogens with one attached hydrogen (secondary N) is 1. The van der Waals surface area contributed by atoms with Gasteiger partial charge in [0.05, 0.1) is 6.04 Å². The number of carbonyl (C=O) groups excluding carboxylic acids is 2. The van der Waals surface area contributed by atoms with Gasteiger partial charge in [-0.2, -0.15) is 13.2 Å². The molecule has 2 saturated heterocycles. The fourth-order valence-corrected chi connectivity index (χ4v) is 4.12. The molecule has 0 saturated carbocycles. The maximum Gasteiger partial charge on any atom is 0.471 e. The molecule has 8 heteroatoms. The first-order valence-corrected chi connectivity index (χ1v) is 9.82. The minimum absolute atomic E-state index is 0.0291. The molecule has 2 amide bonds. The molecule has 0 radical (unpaired) electrons. The average Bonchev–Trinajstić information content (AvgIpc) is 3.18. The molecular formula is C20H26F3N3O2. The Morgan fingerprint density at radius 1 is 1.04 bits per heavy atom. The number of hydrogen-bond donors (Lipinski definition) is 1. The van der Waals surface area contributed by atoms with Crippen LogP contribution in [0.2, 0.25) is 0 Å². The van der Waals surface area contributed by atoms with Crippen molar-refractivity contribution in [2.24, 2.45) is 0 Å². The highest BCUT2D eigenvalue weighted by molar-refractivity contribution is 5.90. The molecule has 1 aromatic rings. The van der Waals surface area contributed by atoms with E-state index < -0.39 is 24.0 Å². The number of nitrogens with zero attached hydrogens (tertiary/aromatic N) is 2. The quantitative estimate of drug-likeness (QED) is 0.831. The van der Waals surface area contributed by atoms with Gasteiger partial charge < -0.3 is 10.2 Å². The van der Waals surface area contributed by atoms with Gasteiger partial charge in [-0.1, -0.05) is 36.8 Å². The van der Waals surface area contributed by atoms with Crippen LogP contribution in [0, 0.1) is 0 Å². The molecule has 2 atom stereocenters.